The number of hydrogen-bond donors (Lipinski definition) is 3. The number of hydrogen-bond acceptors (Lipinski definition) is 4. The van der Waals surface area contributed by atoms with Crippen LogP contribution in [-0.4, -0.2) is 42.2 Å². The van der Waals surface area contributed by atoms with Crippen LogP contribution in [0.3, 0.4) is 0 Å². The number of aromatic nitrogens is 2. The monoisotopic (exact) mass is 422 g/mol. The van der Waals surface area contributed by atoms with E-state index in [1.54, 1.807) is 11.7 Å². The molecule has 1 amide bonds. The summed E-state index contributed by atoms with van der Waals surface area (Å²) in [7, 11) is 1.65. The number of amides is 1. The molecule has 3 N–H and O–H groups in total. The number of fused-ring (bicyclic) bond motifs is 1. The van der Waals surface area contributed by atoms with Crippen molar-refractivity contribution in [2.75, 3.05) is 26.7 Å². The number of methoxy groups -OCH3 is 1. The summed E-state index contributed by atoms with van der Waals surface area (Å²) in [6, 6.07) is 7.74. The van der Waals surface area contributed by atoms with Crippen LogP contribution in [0.5, 0.6) is 5.75 Å². The van der Waals surface area contributed by atoms with Crippen LogP contribution in [0.1, 0.15) is 34.3 Å². The number of carbonyl (C=O) groups is 1. The smallest absolute Gasteiger partial charge is 0.263 e. The molecule has 3 aromatic rings. The number of H-pyrrole nitrogens is 1. The van der Waals surface area contributed by atoms with Gasteiger partial charge in [-0.3, -0.25) is 9.59 Å². The van der Waals surface area contributed by atoms with Crippen molar-refractivity contribution in [3.8, 4) is 5.75 Å². The first-order chi connectivity index (χ1) is 15.1. The molecule has 1 fully saturated rings. The lowest BCUT2D eigenvalue weighted by molar-refractivity contribution is 0.0951. The van der Waals surface area contributed by atoms with Gasteiger partial charge in [-0.05, 0) is 80.6 Å². The second-order valence-electron chi connectivity index (χ2n) is 8.27. The van der Waals surface area contributed by atoms with E-state index < -0.39 is 0 Å². The summed E-state index contributed by atoms with van der Waals surface area (Å²) < 4.78 is 7.00. The maximum Gasteiger partial charge on any atom is 0.263 e. The normalized spacial score (nSPS) is 16.4. The van der Waals surface area contributed by atoms with Crippen molar-refractivity contribution in [2.24, 2.45) is 5.92 Å². The van der Waals surface area contributed by atoms with Crippen molar-refractivity contribution in [3.63, 3.8) is 0 Å². The maximum atomic E-state index is 13.0. The van der Waals surface area contributed by atoms with Crippen molar-refractivity contribution < 1.29 is 9.53 Å². The van der Waals surface area contributed by atoms with Crippen LogP contribution in [0.2, 0.25) is 0 Å². The summed E-state index contributed by atoms with van der Waals surface area (Å²) in [5.41, 5.74) is 2.87. The molecule has 7 nitrogen and oxygen atoms in total. The molecule has 3 heterocycles. The minimum atomic E-state index is -0.309. The number of aromatic amines is 1. The van der Waals surface area contributed by atoms with Gasteiger partial charge in [-0.1, -0.05) is 0 Å². The Bertz CT molecular complexity index is 1130. The predicted octanol–water partition coefficient (Wildman–Crippen LogP) is 2.62. The fourth-order valence-corrected chi connectivity index (χ4v) is 4.33. The highest BCUT2D eigenvalue weighted by atomic mass is 16.5. The number of ether oxygens (including phenoxy) is 1. The van der Waals surface area contributed by atoms with Gasteiger partial charge < -0.3 is 24.9 Å². The fourth-order valence-electron chi connectivity index (χ4n) is 4.33. The number of carbonyl (C=O) groups excluding carboxylic acids is 1. The van der Waals surface area contributed by atoms with Gasteiger partial charge in [-0.2, -0.15) is 0 Å². The summed E-state index contributed by atoms with van der Waals surface area (Å²) in [4.78, 5) is 29.1. The molecular weight excluding hydrogens is 392 g/mol. The topological polar surface area (TPSA) is 88.2 Å². The third kappa shape index (κ3) is 4.66. The standard InChI is InChI=1S/C24H30N4O3/c1-16-8-11-28(15-17-4-3-9-25-13-17)24(30)22(16)23(29)26-10-7-18-14-27-21-6-5-19(31-2)12-20(18)21/h5-6,8,11-12,14,17,25,27H,3-4,7,9-10,13,15H2,1-2H3,(H,26,29). The van der Waals surface area contributed by atoms with Crippen LogP contribution in [0.4, 0.5) is 0 Å². The van der Waals surface area contributed by atoms with Crippen LogP contribution in [0, 0.1) is 12.8 Å². The number of nitrogens with one attached hydrogen (secondary N) is 3. The van der Waals surface area contributed by atoms with Gasteiger partial charge in [0.05, 0.1) is 7.11 Å². The second kappa shape index (κ2) is 9.39. The zero-order chi connectivity index (χ0) is 21.8. The minimum Gasteiger partial charge on any atom is -0.497 e. The molecule has 2 aromatic heterocycles. The van der Waals surface area contributed by atoms with E-state index in [2.05, 4.69) is 15.6 Å². The van der Waals surface area contributed by atoms with E-state index in [1.807, 2.05) is 43.6 Å². The Morgan fingerprint density at radius 3 is 2.97 bits per heavy atom. The molecule has 1 aliphatic heterocycles. The quantitative estimate of drug-likeness (QED) is 0.546. The summed E-state index contributed by atoms with van der Waals surface area (Å²) in [5, 5.41) is 7.39. The van der Waals surface area contributed by atoms with E-state index in [-0.39, 0.29) is 17.0 Å². The molecule has 1 aliphatic rings. The SMILES string of the molecule is COc1ccc2[nH]cc(CCNC(=O)c3c(C)ccn(CC4CCCNC4)c3=O)c2c1. The Balaban J connectivity index is 1.44. The van der Waals surface area contributed by atoms with Gasteiger partial charge >= 0.3 is 0 Å². The predicted molar refractivity (Wildman–Crippen MR) is 122 cm³/mol. The van der Waals surface area contributed by atoms with Crippen molar-refractivity contribution in [1.82, 2.24) is 20.2 Å². The summed E-state index contributed by atoms with van der Waals surface area (Å²) in [5.74, 6) is 0.908. The molecule has 1 aromatic carbocycles. The van der Waals surface area contributed by atoms with Crippen LogP contribution >= 0.6 is 0 Å². The van der Waals surface area contributed by atoms with Gasteiger partial charge in [-0.15, -0.1) is 0 Å². The molecule has 7 heteroatoms. The van der Waals surface area contributed by atoms with Crippen molar-refractivity contribution in [3.05, 3.63) is 63.7 Å². The molecule has 164 valence electrons. The van der Waals surface area contributed by atoms with Gasteiger partial charge in [0.1, 0.15) is 11.3 Å². The van der Waals surface area contributed by atoms with Crippen molar-refractivity contribution >= 4 is 16.8 Å². The lowest BCUT2D eigenvalue weighted by Gasteiger charge is -2.23. The van der Waals surface area contributed by atoms with Crippen LogP contribution in [-0.2, 0) is 13.0 Å². The Hall–Kier alpha value is -3.06. The lowest BCUT2D eigenvalue weighted by Crippen LogP contribution is -2.38. The highest BCUT2D eigenvalue weighted by Gasteiger charge is 2.19. The van der Waals surface area contributed by atoms with Gasteiger partial charge in [-0.25, -0.2) is 0 Å². The van der Waals surface area contributed by atoms with E-state index in [4.69, 9.17) is 4.74 Å². The highest BCUT2D eigenvalue weighted by Crippen LogP contribution is 2.23. The van der Waals surface area contributed by atoms with Gasteiger partial charge in [0.25, 0.3) is 11.5 Å². The van der Waals surface area contributed by atoms with Gasteiger partial charge in [0.15, 0.2) is 0 Å². The molecule has 0 saturated carbocycles. The summed E-state index contributed by atoms with van der Waals surface area (Å²) in [6.07, 6.45) is 6.65. The molecule has 1 saturated heterocycles. The lowest BCUT2D eigenvalue weighted by atomic mass is 9.99. The Kier molecular flexibility index (Phi) is 6.42. The molecule has 4 rings (SSSR count). The number of pyridine rings is 1. The van der Waals surface area contributed by atoms with Crippen molar-refractivity contribution in [2.45, 2.75) is 32.7 Å². The Labute approximate surface area is 181 Å². The van der Waals surface area contributed by atoms with E-state index in [9.17, 15) is 9.59 Å². The third-order valence-electron chi connectivity index (χ3n) is 6.11. The first-order valence-corrected chi connectivity index (χ1v) is 10.9. The highest BCUT2D eigenvalue weighted by molar-refractivity contribution is 5.95. The molecule has 0 aliphatic carbocycles. The Morgan fingerprint density at radius 2 is 2.19 bits per heavy atom. The number of benzene rings is 1. The first kappa shape index (κ1) is 21.2. The number of nitrogens with zero attached hydrogens (tertiary/aromatic N) is 1. The zero-order valence-electron chi connectivity index (χ0n) is 18.2. The molecule has 0 radical (unpaired) electrons. The molecule has 0 spiro atoms. The van der Waals surface area contributed by atoms with Crippen LogP contribution in [0.25, 0.3) is 10.9 Å². The van der Waals surface area contributed by atoms with Crippen molar-refractivity contribution in [1.29, 1.82) is 0 Å². The average molecular weight is 423 g/mol. The van der Waals surface area contributed by atoms with E-state index in [1.165, 1.54) is 0 Å². The van der Waals surface area contributed by atoms with E-state index in [0.717, 1.165) is 48.1 Å². The molecular formula is C24H30N4O3. The number of aryl methyl sites for hydroxylation is 1. The second-order valence-corrected chi connectivity index (χ2v) is 8.27. The number of rotatable bonds is 7. The van der Waals surface area contributed by atoms with E-state index in [0.29, 0.717) is 31.0 Å². The molecule has 0 bridgehead atoms. The average Bonchev–Trinajstić information content (AvgIpc) is 3.18. The third-order valence-corrected chi connectivity index (χ3v) is 6.11. The summed E-state index contributed by atoms with van der Waals surface area (Å²) >= 11 is 0. The minimum absolute atomic E-state index is 0.208. The summed E-state index contributed by atoms with van der Waals surface area (Å²) in [6.45, 7) is 4.86. The van der Waals surface area contributed by atoms with Gasteiger partial charge in [0, 0.05) is 36.4 Å². The molecule has 1 unspecified atom stereocenters. The van der Waals surface area contributed by atoms with Gasteiger partial charge in [0.2, 0.25) is 0 Å². The largest absolute Gasteiger partial charge is 0.497 e. The first-order valence-electron chi connectivity index (χ1n) is 10.9. The zero-order valence-corrected chi connectivity index (χ0v) is 18.2. The molecule has 31 heavy (non-hydrogen) atoms. The molecule has 1 atom stereocenters. The number of piperidine rings is 1. The maximum absolute atomic E-state index is 13.0. The van der Waals surface area contributed by atoms with Crippen LogP contribution in [0.15, 0.2) is 41.5 Å². The Morgan fingerprint density at radius 1 is 1.32 bits per heavy atom. The van der Waals surface area contributed by atoms with Crippen LogP contribution < -0.4 is 20.9 Å². The fraction of sp³-hybridized carbons (Fsp3) is 0.417. The van der Waals surface area contributed by atoms with E-state index >= 15 is 0 Å².